The van der Waals surface area contributed by atoms with E-state index in [-0.39, 0.29) is 0 Å². The molecule has 10 heteroatoms. The molecule has 0 aliphatic carbocycles. The van der Waals surface area contributed by atoms with Gasteiger partial charge in [-0.3, -0.25) is 0 Å². The molecule has 4 rings (SSSR count). The van der Waals surface area contributed by atoms with Crippen LogP contribution < -0.4 is 5.32 Å². The highest BCUT2D eigenvalue weighted by atomic mass is 32.2. The lowest BCUT2D eigenvalue weighted by Gasteiger charge is -2.26. The van der Waals surface area contributed by atoms with E-state index in [1.54, 1.807) is 18.5 Å². The fraction of sp³-hybridized carbons (Fsp3) is 0.353. The summed E-state index contributed by atoms with van der Waals surface area (Å²) in [6.45, 7) is 2.33. The quantitative estimate of drug-likeness (QED) is 0.648. The van der Waals surface area contributed by atoms with Gasteiger partial charge < -0.3 is 15.0 Å². The summed E-state index contributed by atoms with van der Waals surface area (Å²) in [6.07, 6.45) is 3.78. The standard InChI is InChI=1S/C17H20N6O3S/c24-27(25,23-7-9-26-10-8-23)14-3-1-13(2-4-14)5-6-18-16-15-17(20-11-19-15)22-12-21-16/h1-4,11-12H,5-10H2,(H2,18,19,20,21,22). The lowest BCUT2D eigenvalue weighted by atomic mass is 10.1. The number of rotatable bonds is 6. The maximum Gasteiger partial charge on any atom is 0.243 e. The van der Waals surface area contributed by atoms with Crippen LogP contribution in [-0.4, -0.2) is 65.5 Å². The van der Waals surface area contributed by atoms with E-state index in [0.29, 0.717) is 49.2 Å². The Labute approximate surface area is 156 Å². The third-order valence-corrected chi connectivity index (χ3v) is 6.37. The van der Waals surface area contributed by atoms with Crippen LogP contribution in [-0.2, 0) is 21.2 Å². The molecule has 1 aliphatic heterocycles. The minimum absolute atomic E-state index is 0.316. The Kier molecular flexibility index (Phi) is 5.01. The Bertz CT molecular complexity index is 1010. The number of nitrogens with zero attached hydrogens (tertiary/aromatic N) is 4. The zero-order valence-corrected chi connectivity index (χ0v) is 15.4. The van der Waals surface area contributed by atoms with Gasteiger partial charge in [0.1, 0.15) is 11.8 Å². The summed E-state index contributed by atoms with van der Waals surface area (Å²) < 4.78 is 32.0. The first kappa shape index (κ1) is 17.8. The number of aromatic amines is 1. The number of imidazole rings is 1. The molecule has 0 bridgehead atoms. The van der Waals surface area contributed by atoms with E-state index in [4.69, 9.17) is 4.74 Å². The van der Waals surface area contributed by atoms with Crippen molar-refractivity contribution < 1.29 is 13.2 Å². The number of hydrogen-bond acceptors (Lipinski definition) is 7. The van der Waals surface area contributed by atoms with Gasteiger partial charge in [-0.05, 0) is 24.1 Å². The van der Waals surface area contributed by atoms with Gasteiger partial charge in [-0.15, -0.1) is 0 Å². The second-order valence-corrected chi connectivity index (χ2v) is 8.10. The number of H-pyrrole nitrogens is 1. The highest BCUT2D eigenvalue weighted by Gasteiger charge is 2.25. The Morgan fingerprint density at radius 2 is 1.89 bits per heavy atom. The number of sulfonamides is 1. The monoisotopic (exact) mass is 388 g/mol. The molecule has 0 radical (unpaired) electrons. The largest absolute Gasteiger partial charge is 0.379 e. The van der Waals surface area contributed by atoms with Crippen LogP contribution in [0.5, 0.6) is 0 Å². The van der Waals surface area contributed by atoms with Gasteiger partial charge in [0.05, 0.1) is 24.4 Å². The first-order chi connectivity index (χ1) is 13.1. The molecule has 2 aromatic heterocycles. The van der Waals surface area contributed by atoms with Gasteiger partial charge in [-0.25, -0.2) is 23.4 Å². The molecule has 3 heterocycles. The van der Waals surface area contributed by atoms with Crippen LogP contribution in [0.4, 0.5) is 5.82 Å². The van der Waals surface area contributed by atoms with Gasteiger partial charge in [0.25, 0.3) is 0 Å². The minimum Gasteiger partial charge on any atom is -0.379 e. The molecule has 0 atom stereocenters. The van der Waals surface area contributed by atoms with Crippen LogP contribution in [0.2, 0.25) is 0 Å². The van der Waals surface area contributed by atoms with Gasteiger partial charge >= 0.3 is 0 Å². The van der Waals surface area contributed by atoms with E-state index in [2.05, 4.69) is 25.3 Å². The number of anilines is 1. The van der Waals surface area contributed by atoms with Crippen molar-refractivity contribution in [3.8, 4) is 0 Å². The van der Waals surface area contributed by atoms with Crippen LogP contribution in [0.25, 0.3) is 11.2 Å². The Morgan fingerprint density at radius 3 is 2.67 bits per heavy atom. The molecule has 1 fully saturated rings. The van der Waals surface area contributed by atoms with E-state index in [1.807, 2.05) is 12.1 Å². The number of fused-ring (bicyclic) bond motifs is 1. The molecule has 9 nitrogen and oxygen atoms in total. The van der Waals surface area contributed by atoms with Crippen molar-refractivity contribution >= 4 is 27.0 Å². The van der Waals surface area contributed by atoms with Gasteiger partial charge in [-0.2, -0.15) is 4.31 Å². The molecule has 1 saturated heterocycles. The van der Waals surface area contributed by atoms with Crippen LogP contribution in [0.15, 0.2) is 41.8 Å². The number of aromatic nitrogens is 4. The van der Waals surface area contributed by atoms with Gasteiger partial charge in [-0.1, -0.05) is 12.1 Å². The van der Waals surface area contributed by atoms with Crippen LogP contribution in [0.1, 0.15) is 5.56 Å². The fourth-order valence-corrected chi connectivity index (χ4v) is 4.40. The Balaban J connectivity index is 1.38. The number of morpholine rings is 1. The molecule has 0 spiro atoms. The summed E-state index contributed by atoms with van der Waals surface area (Å²) in [5.41, 5.74) is 2.42. The maximum atomic E-state index is 12.6. The second-order valence-electron chi connectivity index (χ2n) is 6.16. The van der Waals surface area contributed by atoms with Crippen LogP contribution in [0, 0.1) is 0 Å². The highest BCUT2D eigenvalue weighted by Crippen LogP contribution is 2.18. The molecule has 0 unspecified atom stereocenters. The van der Waals surface area contributed by atoms with Crippen molar-refractivity contribution in [3.05, 3.63) is 42.5 Å². The third-order valence-electron chi connectivity index (χ3n) is 4.46. The lowest BCUT2D eigenvalue weighted by molar-refractivity contribution is 0.0730. The van der Waals surface area contributed by atoms with Gasteiger partial charge in [0.15, 0.2) is 11.5 Å². The summed E-state index contributed by atoms with van der Waals surface area (Å²) in [7, 11) is -3.45. The molecule has 1 aromatic carbocycles. The van der Waals surface area contributed by atoms with E-state index < -0.39 is 10.0 Å². The molecular weight excluding hydrogens is 368 g/mol. The normalized spacial score (nSPS) is 15.9. The molecule has 0 amide bonds. The summed E-state index contributed by atoms with van der Waals surface area (Å²) in [4.78, 5) is 15.7. The summed E-state index contributed by atoms with van der Waals surface area (Å²) in [5.74, 6) is 0.698. The summed E-state index contributed by atoms with van der Waals surface area (Å²) in [5, 5.41) is 3.26. The van der Waals surface area contributed by atoms with Crippen LogP contribution in [0.3, 0.4) is 0 Å². The van der Waals surface area contributed by atoms with Crippen molar-refractivity contribution in [1.82, 2.24) is 24.2 Å². The molecule has 27 heavy (non-hydrogen) atoms. The predicted molar refractivity (Wildman–Crippen MR) is 99.9 cm³/mol. The number of nitrogens with one attached hydrogen (secondary N) is 2. The van der Waals surface area contributed by atoms with Gasteiger partial charge in [0.2, 0.25) is 10.0 Å². The van der Waals surface area contributed by atoms with E-state index in [9.17, 15) is 8.42 Å². The molecule has 2 N–H and O–H groups in total. The Morgan fingerprint density at radius 1 is 1.11 bits per heavy atom. The maximum absolute atomic E-state index is 12.6. The number of ether oxygens (including phenoxy) is 1. The smallest absolute Gasteiger partial charge is 0.243 e. The van der Waals surface area contributed by atoms with Crippen LogP contribution >= 0.6 is 0 Å². The molecule has 0 saturated carbocycles. The molecule has 3 aromatic rings. The molecular formula is C17H20N6O3S. The minimum atomic E-state index is -3.45. The van der Waals surface area contributed by atoms with Gasteiger partial charge in [0, 0.05) is 19.6 Å². The lowest BCUT2D eigenvalue weighted by Crippen LogP contribution is -2.40. The van der Waals surface area contributed by atoms with E-state index in [0.717, 1.165) is 17.5 Å². The number of benzene rings is 1. The summed E-state index contributed by atoms with van der Waals surface area (Å²) >= 11 is 0. The first-order valence-corrected chi connectivity index (χ1v) is 10.1. The topological polar surface area (TPSA) is 113 Å². The van der Waals surface area contributed by atoms with E-state index in [1.165, 1.54) is 10.6 Å². The average Bonchev–Trinajstić information content (AvgIpc) is 3.19. The number of hydrogen-bond donors (Lipinski definition) is 2. The zero-order valence-electron chi connectivity index (χ0n) is 14.6. The summed E-state index contributed by atoms with van der Waals surface area (Å²) in [6, 6.07) is 7.03. The average molecular weight is 388 g/mol. The van der Waals surface area contributed by atoms with Crippen molar-refractivity contribution in [2.45, 2.75) is 11.3 Å². The van der Waals surface area contributed by atoms with Crippen molar-refractivity contribution in [1.29, 1.82) is 0 Å². The SMILES string of the molecule is O=S(=O)(c1ccc(CCNc2ncnc3nc[nH]c23)cc1)N1CCOCC1. The first-order valence-electron chi connectivity index (χ1n) is 8.69. The van der Waals surface area contributed by atoms with Crippen molar-refractivity contribution in [3.63, 3.8) is 0 Å². The second kappa shape index (κ2) is 7.59. The molecule has 142 valence electrons. The van der Waals surface area contributed by atoms with Crippen molar-refractivity contribution in [2.24, 2.45) is 0 Å². The zero-order chi connectivity index (χ0) is 18.7. The molecule has 1 aliphatic rings. The highest BCUT2D eigenvalue weighted by molar-refractivity contribution is 7.89. The van der Waals surface area contributed by atoms with E-state index >= 15 is 0 Å². The fourth-order valence-electron chi connectivity index (χ4n) is 2.99. The Hall–Kier alpha value is -2.56. The third kappa shape index (κ3) is 3.77. The van der Waals surface area contributed by atoms with Crippen molar-refractivity contribution in [2.75, 3.05) is 38.2 Å². The predicted octanol–water partition coefficient (Wildman–Crippen LogP) is 1.03.